The quantitative estimate of drug-likeness (QED) is 0.293. The van der Waals surface area contributed by atoms with E-state index in [1.54, 1.807) is 46.9 Å². The standard InChI is InChI=1S/C22H20N4O2S3/c1-13(21(28)24-16-9-7-15(8-10-16)23-14(2)27)31-22-25-19(17-5-3-11-29-17)20(26-22)18-6-4-12-30-18/h3-13H,1-2H3,(H,23,27)(H,24,28)(H,25,26)/t13-/m1/s1. The summed E-state index contributed by atoms with van der Waals surface area (Å²) in [4.78, 5) is 34.2. The van der Waals surface area contributed by atoms with Crippen molar-refractivity contribution in [3.05, 3.63) is 59.3 Å². The number of thiophene rings is 2. The van der Waals surface area contributed by atoms with Crippen molar-refractivity contribution in [2.24, 2.45) is 0 Å². The molecule has 0 aliphatic rings. The monoisotopic (exact) mass is 468 g/mol. The van der Waals surface area contributed by atoms with Gasteiger partial charge in [-0.25, -0.2) is 4.98 Å². The number of aromatic amines is 1. The van der Waals surface area contributed by atoms with Gasteiger partial charge < -0.3 is 15.6 Å². The number of anilines is 2. The number of thioether (sulfide) groups is 1. The van der Waals surface area contributed by atoms with Crippen molar-refractivity contribution in [1.82, 2.24) is 9.97 Å². The molecular weight excluding hydrogens is 448 g/mol. The fraction of sp³-hybridized carbons (Fsp3) is 0.136. The summed E-state index contributed by atoms with van der Waals surface area (Å²) >= 11 is 4.68. The van der Waals surface area contributed by atoms with Gasteiger partial charge in [-0.3, -0.25) is 9.59 Å². The molecule has 6 nitrogen and oxygen atoms in total. The summed E-state index contributed by atoms with van der Waals surface area (Å²) in [6.07, 6.45) is 0. The maximum atomic E-state index is 12.7. The van der Waals surface area contributed by atoms with Crippen LogP contribution in [0.2, 0.25) is 0 Å². The van der Waals surface area contributed by atoms with Crippen molar-refractivity contribution >= 4 is 57.6 Å². The van der Waals surface area contributed by atoms with Gasteiger partial charge in [0.25, 0.3) is 0 Å². The lowest BCUT2D eigenvalue weighted by Gasteiger charge is -2.11. The molecule has 9 heteroatoms. The van der Waals surface area contributed by atoms with Crippen LogP contribution in [-0.2, 0) is 9.59 Å². The lowest BCUT2D eigenvalue weighted by molar-refractivity contribution is -0.115. The van der Waals surface area contributed by atoms with Crippen molar-refractivity contribution in [1.29, 1.82) is 0 Å². The van der Waals surface area contributed by atoms with Gasteiger partial charge in [0.2, 0.25) is 11.8 Å². The van der Waals surface area contributed by atoms with E-state index in [4.69, 9.17) is 4.98 Å². The van der Waals surface area contributed by atoms with Crippen LogP contribution in [0.5, 0.6) is 0 Å². The number of H-pyrrole nitrogens is 1. The minimum Gasteiger partial charge on any atom is -0.332 e. The lowest BCUT2D eigenvalue weighted by atomic mass is 10.2. The maximum absolute atomic E-state index is 12.7. The number of nitrogens with zero attached hydrogens (tertiary/aromatic N) is 1. The third-order valence-electron chi connectivity index (χ3n) is 4.33. The van der Waals surface area contributed by atoms with E-state index in [-0.39, 0.29) is 17.1 Å². The first-order valence-electron chi connectivity index (χ1n) is 9.52. The minimum atomic E-state index is -0.353. The predicted molar refractivity (Wildman–Crippen MR) is 130 cm³/mol. The van der Waals surface area contributed by atoms with Crippen LogP contribution in [0.15, 0.2) is 64.4 Å². The first kappa shape index (κ1) is 21.4. The van der Waals surface area contributed by atoms with Crippen molar-refractivity contribution in [3.63, 3.8) is 0 Å². The van der Waals surface area contributed by atoms with E-state index in [1.807, 2.05) is 35.9 Å². The van der Waals surface area contributed by atoms with Crippen molar-refractivity contribution in [3.8, 4) is 21.1 Å². The van der Waals surface area contributed by atoms with E-state index in [2.05, 4.69) is 21.7 Å². The van der Waals surface area contributed by atoms with Gasteiger partial charge >= 0.3 is 0 Å². The van der Waals surface area contributed by atoms with E-state index in [0.29, 0.717) is 16.5 Å². The van der Waals surface area contributed by atoms with E-state index in [0.717, 1.165) is 21.1 Å². The molecule has 3 N–H and O–H groups in total. The zero-order valence-electron chi connectivity index (χ0n) is 16.8. The molecule has 0 unspecified atom stereocenters. The molecule has 0 saturated heterocycles. The summed E-state index contributed by atoms with van der Waals surface area (Å²) in [7, 11) is 0. The molecule has 0 aliphatic carbocycles. The number of hydrogen-bond acceptors (Lipinski definition) is 6. The molecule has 2 amide bonds. The molecule has 0 fully saturated rings. The molecule has 0 bridgehead atoms. The van der Waals surface area contributed by atoms with Crippen LogP contribution in [0, 0.1) is 0 Å². The maximum Gasteiger partial charge on any atom is 0.237 e. The Morgan fingerprint density at radius 1 is 0.968 bits per heavy atom. The lowest BCUT2D eigenvalue weighted by Crippen LogP contribution is -2.22. The Morgan fingerprint density at radius 2 is 1.58 bits per heavy atom. The van der Waals surface area contributed by atoms with Gasteiger partial charge in [-0.15, -0.1) is 22.7 Å². The number of carbonyl (C=O) groups excluding carboxylic acids is 2. The summed E-state index contributed by atoms with van der Waals surface area (Å²) in [5.41, 5.74) is 3.23. The zero-order chi connectivity index (χ0) is 21.8. The van der Waals surface area contributed by atoms with Gasteiger partial charge in [0, 0.05) is 18.3 Å². The molecule has 3 aromatic heterocycles. The largest absolute Gasteiger partial charge is 0.332 e. The van der Waals surface area contributed by atoms with Gasteiger partial charge in [-0.1, -0.05) is 23.9 Å². The van der Waals surface area contributed by atoms with Crippen molar-refractivity contribution in [2.45, 2.75) is 24.3 Å². The summed E-state index contributed by atoms with van der Waals surface area (Å²) in [5, 5.41) is 10.0. The number of benzene rings is 1. The normalized spacial score (nSPS) is 11.8. The van der Waals surface area contributed by atoms with Crippen molar-refractivity contribution < 1.29 is 9.59 Å². The number of amides is 2. The molecule has 158 valence electrons. The fourth-order valence-corrected chi connectivity index (χ4v) is 5.16. The highest BCUT2D eigenvalue weighted by Gasteiger charge is 2.20. The van der Waals surface area contributed by atoms with E-state index < -0.39 is 0 Å². The summed E-state index contributed by atoms with van der Waals surface area (Å²) in [6, 6.07) is 15.2. The van der Waals surface area contributed by atoms with Crippen LogP contribution in [0.1, 0.15) is 13.8 Å². The number of nitrogens with one attached hydrogen (secondary N) is 3. The second-order valence-electron chi connectivity index (χ2n) is 6.73. The van der Waals surface area contributed by atoms with Crippen LogP contribution in [0.4, 0.5) is 11.4 Å². The Bertz CT molecular complexity index is 1110. The average molecular weight is 469 g/mol. The van der Waals surface area contributed by atoms with Gasteiger partial charge in [0.1, 0.15) is 5.69 Å². The summed E-state index contributed by atoms with van der Waals surface area (Å²) in [6.45, 7) is 3.31. The molecule has 0 aliphatic heterocycles. The number of aromatic nitrogens is 2. The highest BCUT2D eigenvalue weighted by Crippen LogP contribution is 2.37. The SMILES string of the molecule is CC(=O)Nc1ccc(NC(=O)[C@@H](C)Sc2nc(-c3cccs3)c(-c3cccs3)[nH]2)cc1. The summed E-state index contributed by atoms with van der Waals surface area (Å²) < 4.78 is 0. The first-order valence-corrected chi connectivity index (χ1v) is 12.2. The number of rotatable bonds is 7. The molecule has 31 heavy (non-hydrogen) atoms. The van der Waals surface area contributed by atoms with Gasteiger partial charge in [0.05, 0.1) is 20.7 Å². The second-order valence-corrected chi connectivity index (χ2v) is 9.95. The van der Waals surface area contributed by atoms with Gasteiger partial charge in [0.15, 0.2) is 5.16 Å². The van der Waals surface area contributed by atoms with Crippen LogP contribution >= 0.6 is 34.4 Å². The molecule has 4 rings (SSSR count). The molecule has 0 saturated carbocycles. The number of hydrogen-bond donors (Lipinski definition) is 3. The highest BCUT2D eigenvalue weighted by molar-refractivity contribution is 8.00. The van der Waals surface area contributed by atoms with Crippen LogP contribution in [0.3, 0.4) is 0 Å². The molecular formula is C22H20N4O2S3. The van der Waals surface area contributed by atoms with Crippen LogP contribution in [0.25, 0.3) is 21.1 Å². The van der Waals surface area contributed by atoms with Crippen LogP contribution in [-0.4, -0.2) is 27.0 Å². The molecule has 1 atom stereocenters. The van der Waals surface area contributed by atoms with E-state index >= 15 is 0 Å². The van der Waals surface area contributed by atoms with Gasteiger partial charge in [-0.2, -0.15) is 0 Å². The topological polar surface area (TPSA) is 86.9 Å². The Kier molecular flexibility index (Phi) is 6.55. The molecule has 1 aromatic carbocycles. The minimum absolute atomic E-state index is 0.121. The van der Waals surface area contributed by atoms with Crippen molar-refractivity contribution in [2.75, 3.05) is 10.6 Å². The number of carbonyl (C=O) groups is 2. The smallest absolute Gasteiger partial charge is 0.237 e. The Morgan fingerprint density at radius 3 is 2.16 bits per heavy atom. The van der Waals surface area contributed by atoms with E-state index in [9.17, 15) is 9.59 Å². The number of imidazole rings is 1. The molecule has 0 spiro atoms. The van der Waals surface area contributed by atoms with Crippen LogP contribution < -0.4 is 10.6 Å². The molecule has 4 aromatic rings. The Balaban J connectivity index is 1.47. The molecule has 3 heterocycles. The van der Waals surface area contributed by atoms with E-state index in [1.165, 1.54) is 18.7 Å². The third-order valence-corrected chi connectivity index (χ3v) is 7.08. The van der Waals surface area contributed by atoms with Gasteiger partial charge in [-0.05, 0) is 54.1 Å². The Labute approximate surface area is 192 Å². The Hall–Kier alpha value is -2.88. The predicted octanol–water partition coefficient (Wildman–Crippen LogP) is 5.94. The highest BCUT2D eigenvalue weighted by atomic mass is 32.2. The summed E-state index contributed by atoms with van der Waals surface area (Å²) in [5.74, 6) is -0.256. The average Bonchev–Trinajstić information content (AvgIpc) is 3.50. The fourth-order valence-electron chi connectivity index (χ4n) is 2.90. The first-order chi connectivity index (χ1) is 15.0. The second kappa shape index (κ2) is 9.51. The zero-order valence-corrected chi connectivity index (χ0v) is 19.3. The molecule has 0 radical (unpaired) electrons. The third kappa shape index (κ3) is 5.25.